The molecular formula is C12H15N3OS3. The summed E-state index contributed by atoms with van der Waals surface area (Å²) in [6.07, 6.45) is 0.980. The smallest absolute Gasteiger partial charge is 0.208 e. The van der Waals surface area contributed by atoms with Crippen LogP contribution in [0.1, 0.15) is 21.5 Å². The second kappa shape index (κ2) is 6.49. The minimum atomic E-state index is 0.163. The van der Waals surface area contributed by atoms with Crippen molar-refractivity contribution in [1.29, 1.82) is 0 Å². The third kappa shape index (κ3) is 3.77. The highest BCUT2D eigenvalue weighted by atomic mass is 32.2. The van der Waals surface area contributed by atoms with Gasteiger partial charge in [-0.05, 0) is 18.6 Å². The van der Waals surface area contributed by atoms with E-state index in [9.17, 15) is 4.79 Å². The highest BCUT2D eigenvalue weighted by Crippen LogP contribution is 2.28. The van der Waals surface area contributed by atoms with Crippen LogP contribution in [0, 0.1) is 0 Å². The maximum absolute atomic E-state index is 12.0. The first-order valence-electron chi connectivity index (χ1n) is 5.85. The molecule has 0 aliphatic heterocycles. The monoisotopic (exact) mass is 313 g/mol. The summed E-state index contributed by atoms with van der Waals surface area (Å²) >= 11 is 4.54. The largest absolute Gasteiger partial charge is 0.353 e. The van der Waals surface area contributed by atoms with E-state index in [-0.39, 0.29) is 5.78 Å². The van der Waals surface area contributed by atoms with E-state index in [1.54, 1.807) is 11.3 Å². The molecule has 0 fully saturated rings. The van der Waals surface area contributed by atoms with Gasteiger partial charge in [-0.2, -0.15) is 0 Å². The second-order valence-corrected chi connectivity index (χ2v) is 7.42. The number of carbonyl (C=O) groups excluding carboxylic acids is 1. The molecule has 0 aromatic carbocycles. The Bertz CT molecular complexity index is 562. The third-order valence-corrected chi connectivity index (χ3v) is 5.88. The molecule has 4 nitrogen and oxygen atoms in total. The van der Waals surface area contributed by atoms with Gasteiger partial charge in [0.05, 0.1) is 10.6 Å². The van der Waals surface area contributed by atoms with E-state index in [0.29, 0.717) is 5.75 Å². The summed E-state index contributed by atoms with van der Waals surface area (Å²) in [5.41, 5.74) is 0. The van der Waals surface area contributed by atoms with Gasteiger partial charge in [-0.25, -0.2) is 0 Å². The zero-order chi connectivity index (χ0) is 13.8. The van der Waals surface area contributed by atoms with E-state index >= 15 is 0 Å². The summed E-state index contributed by atoms with van der Waals surface area (Å²) in [6, 6.07) is 3.94. The molecule has 2 aromatic heterocycles. The molecule has 0 spiro atoms. The number of aryl methyl sites for hydroxylation is 1. The van der Waals surface area contributed by atoms with E-state index < -0.39 is 0 Å². The van der Waals surface area contributed by atoms with Gasteiger partial charge in [-0.3, -0.25) is 4.79 Å². The third-order valence-electron chi connectivity index (χ3n) is 2.39. The van der Waals surface area contributed by atoms with Crippen LogP contribution in [0.2, 0.25) is 0 Å². The van der Waals surface area contributed by atoms with Crippen LogP contribution in [0.5, 0.6) is 0 Å². The molecule has 0 N–H and O–H groups in total. The van der Waals surface area contributed by atoms with Gasteiger partial charge >= 0.3 is 0 Å². The molecule has 7 heteroatoms. The minimum absolute atomic E-state index is 0.163. The standard InChI is InChI=1S/C12H15N3OS3/c1-4-8-5-6-10(18-8)9(16)7-17-12-14-13-11(19-12)15(2)3/h5-6H,4,7H2,1-3H3. The van der Waals surface area contributed by atoms with Crippen molar-refractivity contribution in [2.45, 2.75) is 17.7 Å². The molecule has 0 aliphatic carbocycles. The predicted molar refractivity (Wildman–Crippen MR) is 83.0 cm³/mol. The lowest BCUT2D eigenvalue weighted by molar-refractivity contribution is 0.102. The van der Waals surface area contributed by atoms with Gasteiger partial charge in [-0.15, -0.1) is 21.5 Å². The van der Waals surface area contributed by atoms with Crippen LogP contribution in [0.25, 0.3) is 0 Å². The molecular weight excluding hydrogens is 298 g/mol. The summed E-state index contributed by atoms with van der Waals surface area (Å²) < 4.78 is 0.837. The van der Waals surface area contributed by atoms with Gasteiger partial charge < -0.3 is 4.90 Å². The summed E-state index contributed by atoms with van der Waals surface area (Å²) in [7, 11) is 3.86. The van der Waals surface area contributed by atoms with Crippen molar-refractivity contribution in [1.82, 2.24) is 10.2 Å². The molecule has 2 heterocycles. The van der Waals surface area contributed by atoms with Crippen LogP contribution in [0.4, 0.5) is 5.13 Å². The lowest BCUT2D eigenvalue weighted by Crippen LogP contribution is -2.07. The van der Waals surface area contributed by atoms with Crippen LogP contribution in [-0.4, -0.2) is 35.8 Å². The van der Waals surface area contributed by atoms with Gasteiger partial charge in [0.1, 0.15) is 0 Å². The predicted octanol–water partition coefficient (Wildman–Crippen LogP) is 3.20. The Labute approximate surface area is 124 Å². The minimum Gasteiger partial charge on any atom is -0.353 e. The van der Waals surface area contributed by atoms with Crippen molar-refractivity contribution in [3.8, 4) is 0 Å². The Balaban J connectivity index is 1.92. The first kappa shape index (κ1) is 14.5. The van der Waals surface area contributed by atoms with Gasteiger partial charge in [0.2, 0.25) is 5.13 Å². The normalized spacial score (nSPS) is 10.7. The number of Topliss-reactive ketones (excluding diaryl/α,β-unsaturated/α-hetero) is 1. The summed E-state index contributed by atoms with van der Waals surface area (Å²) in [6.45, 7) is 2.10. The number of thiophene rings is 1. The molecule has 0 bridgehead atoms. The number of aromatic nitrogens is 2. The van der Waals surface area contributed by atoms with Crippen LogP contribution >= 0.6 is 34.4 Å². The number of carbonyl (C=O) groups is 1. The maximum atomic E-state index is 12.0. The van der Waals surface area contributed by atoms with Crippen molar-refractivity contribution in [3.05, 3.63) is 21.9 Å². The average Bonchev–Trinajstić information content (AvgIpc) is 3.04. The van der Waals surface area contributed by atoms with E-state index in [1.807, 2.05) is 31.1 Å². The van der Waals surface area contributed by atoms with E-state index in [2.05, 4.69) is 17.1 Å². The van der Waals surface area contributed by atoms with Gasteiger partial charge in [0.15, 0.2) is 10.1 Å². The molecule has 0 atom stereocenters. The SMILES string of the molecule is CCc1ccc(C(=O)CSc2nnc(N(C)C)s2)s1. The lowest BCUT2D eigenvalue weighted by atomic mass is 10.3. The molecule has 0 aliphatic rings. The zero-order valence-electron chi connectivity index (χ0n) is 11.0. The van der Waals surface area contributed by atoms with Gasteiger partial charge in [-0.1, -0.05) is 30.0 Å². The average molecular weight is 313 g/mol. The van der Waals surface area contributed by atoms with E-state index in [4.69, 9.17) is 0 Å². The second-order valence-electron chi connectivity index (χ2n) is 4.08. The molecule has 19 heavy (non-hydrogen) atoms. The van der Waals surface area contributed by atoms with Crippen LogP contribution in [-0.2, 0) is 6.42 Å². The topological polar surface area (TPSA) is 46.1 Å². The first-order chi connectivity index (χ1) is 9.10. The Kier molecular flexibility index (Phi) is 4.95. The Hall–Kier alpha value is -0.920. The van der Waals surface area contributed by atoms with Gasteiger partial charge in [0, 0.05) is 19.0 Å². The van der Waals surface area contributed by atoms with Crippen molar-refractivity contribution >= 4 is 45.4 Å². The summed E-state index contributed by atoms with van der Waals surface area (Å²) in [5, 5.41) is 8.97. The van der Waals surface area contributed by atoms with Crippen LogP contribution in [0.3, 0.4) is 0 Å². The quantitative estimate of drug-likeness (QED) is 0.605. The number of rotatable bonds is 6. The molecule has 0 unspecified atom stereocenters. The summed E-state index contributed by atoms with van der Waals surface area (Å²) in [5.74, 6) is 0.586. The fourth-order valence-electron chi connectivity index (χ4n) is 1.36. The maximum Gasteiger partial charge on any atom is 0.208 e. The fraction of sp³-hybridized carbons (Fsp3) is 0.417. The van der Waals surface area contributed by atoms with E-state index in [0.717, 1.165) is 20.8 Å². The highest BCUT2D eigenvalue weighted by Gasteiger charge is 2.12. The molecule has 0 amide bonds. The zero-order valence-corrected chi connectivity index (χ0v) is 13.5. The Morgan fingerprint density at radius 2 is 2.11 bits per heavy atom. The number of hydrogen-bond acceptors (Lipinski definition) is 7. The van der Waals surface area contributed by atoms with E-state index in [1.165, 1.54) is 28.0 Å². The van der Waals surface area contributed by atoms with Crippen molar-refractivity contribution in [2.75, 3.05) is 24.7 Å². The molecule has 2 rings (SSSR count). The molecule has 102 valence electrons. The molecule has 0 saturated carbocycles. The fourth-order valence-corrected chi connectivity index (χ4v) is 3.98. The first-order valence-corrected chi connectivity index (χ1v) is 8.47. The van der Waals surface area contributed by atoms with Crippen LogP contribution < -0.4 is 4.90 Å². The number of thioether (sulfide) groups is 1. The molecule has 0 saturated heterocycles. The molecule has 0 radical (unpaired) electrons. The number of nitrogens with zero attached hydrogens (tertiary/aromatic N) is 3. The molecule has 2 aromatic rings. The van der Waals surface area contributed by atoms with Crippen molar-refractivity contribution in [2.24, 2.45) is 0 Å². The Morgan fingerprint density at radius 3 is 2.68 bits per heavy atom. The number of ketones is 1. The van der Waals surface area contributed by atoms with Gasteiger partial charge in [0.25, 0.3) is 0 Å². The highest BCUT2D eigenvalue weighted by molar-refractivity contribution is 8.01. The Morgan fingerprint density at radius 1 is 1.32 bits per heavy atom. The lowest BCUT2D eigenvalue weighted by Gasteiger charge is -2.03. The van der Waals surface area contributed by atoms with Crippen LogP contribution in [0.15, 0.2) is 16.5 Å². The summed E-state index contributed by atoms with van der Waals surface area (Å²) in [4.78, 5) is 16.0. The number of hydrogen-bond donors (Lipinski definition) is 0. The van der Waals surface area contributed by atoms with Crippen molar-refractivity contribution in [3.63, 3.8) is 0 Å². The number of anilines is 1. The van der Waals surface area contributed by atoms with Crippen molar-refractivity contribution < 1.29 is 4.79 Å².